The van der Waals surface area contributed by atoms with Crippen molar-refractivity contribution in [2.75, 3.05) is 29.5 Å². The largest absolute Gasteiger partial charge is 0.393 e. The fraction of sp³-hybridized carbons (Fsp3) is 0.273. The molecule has 1 saturated heterocycles. The Labute approximate surface area is 165 Å². The van der Waals surface area contributed by atoms with Crippen LogP contribution in [0.5, 0.6) is 0 Å². The third kappa shape index (κ3) is 4.23. The number of anilines is 3. The maximum absolute atomic E-state index is 6.38. The third-order valence-corrected chi connectivity index (χ3v) is 4.95. The molecule has 1 atom stereocenters. The van der Waals surface area contributed by atoms with Crippen molar-refractivity contribution in [3.8, 4) is 0 Å². The number of hydrogen-bond acceptors (Lipinski definition) is 6. The summed E-state index contributed by atoms with van der Waals surface area (Å²) in [4.78, 5) is 8.70. The van der Waals surface area contributed by atoms with Crippen LogP contribution in [0.15, 0.2) is 67.0 Å². The summed E-state index contributed by atoms with van der Waals surface area (Å²) in [5.41, 5.74) is 9.17. The summed E-state index contributed by atoms with van der Waals surface area (Å²) < 4.78 is 5.66. The Morgan fingerprint density at radius 2 is 1.61 bits per heavy atom. The number of aromatic nitrogens is 2. The Morgan fingerprint density at radius 3 is 2.21 bits per heavy atom. The van der Waals surface area contributed by atoms with Gasteiger partial charge in [-0.3, -0.25) is 0 Å². The lowest BCUT2D eigenvalue weighted by atomic mass is 9.99. The summed E-state index contributed by atoms with van der Waals surface area (Å²) in [7, 11) is 0. The number of nitrogens with two attached hydrogens (primary N) is 1. The predicted octanol–water partition coefficient (Wildman–Crippen LogP) is 3.85. The van der Waals surface area contributed by atoms with Crippen LogP contribution in [-0.2, 0) is 4.74 Å². The molecule has 1 aromatic heterocycles. The molecule has 6 heteroatoms. The molecule has 2 aromatic carbocycles. The van der Waals surface area contributed by atoms with Crippen molar-refractivity contribution in [2.45, 2.75) is 25.0 Å². The Kier molecular flexibility index (Phi) is 5.68. The van der Waals surface area contributed by atoms with Gasteiger partial charge in [-0.05, 0) is 24.0 Å². The summed E-state index contributed by atoms with van der Waals surface area (Å²) in [6.45, 7) is 1.52. The van der Waals surface area contributed by atoms with Gasteiger partial charge in [0.25, 0.3) is 0 Å². The number of rotatable bonds is 7. The Bertz CT molecular complexity index is 842. The van der Waals surface area contributed by atoms with Crippen molar-refractivity contribution < 1.29 is 4.74 Å². The molecule has 4 rings (SSSR count). The molecule has 1 aliphatic heterocycles. The molecule has 0 saturated carbocycles. The quantitative estimate of drug-likeness (QED) is 0.582. The average molecular weight is 375 g/mol. The predicted molar refractivity (Wildman–Crippen MR) is 112 cm³/mol. The first-order valence-corrected chi connectivity index (χ1v) is 9.63. The van der Waals surface area contributed by atoms with E-state index in [1.54, 1.807) is 0 Å². The molecule has 144 valence electrons. The zero-order valence-electron chi connectivity index (χ0n) is 15.7. The molecule has 0 spiro atoms. The minimum atomic E-state index is -0.0642. The van der Waals surface area contributed by atoms with E-state index in [0.717, 1.165) is 30.6 Å². The van der Waals surface area contributed by atoms with Crippen molar-refractivity contribution in [1.29, 1.82) is 0 Å². The van der Waals surface area contributed by atoms with Gasteiger partial charge in [-0.2, -0.15) is 0 Å². The van der Waals surface area contributed by atoms with E-state index < -0.39 is 0 Å². The van der Waals surface area contributed by atoms with Crippen molar-refractivity contribution in [1.82, 2.24) is 9.97 Å². The Balaban J connectivity index is 1.57. The molecule has 0 bridgehead atoms. The number of nitrogens with one attached hydrogen (secondary N) is 2. The molecule has 0 amide bonds. The van der Waals surface area contributed by atoms with E-state index >= 15 is 0 Å². The maximum Gasteiger partial charge on any atom is 0.155 e. The zero-order valence-corrected chi connectivity index (χ0v) is 15.7. The van der Waals surface area contributed by atoms with E-state index in [9.17, 15) is 0 Å². The van der Waals surface area contributed by atoms with E-state index in [4.69, 9.17) is 10.5 Å². The van der Waals surface area contributed by atoms with E-state index in [0.29, 0.717) is 23.9 Å². The van der Waals surface area contributed by atoms with Crippen LogP contribution in [0, 0.1) is 0 Å². The van der Waals surface area contributed by atoms with Gasteiger partial charge in [0.05, 0.1) is 12.1 Å². The van der Waals surface area contributed by atoms with Crippen LogP contribution in [0.2, 0.25) is 0 Å². The number of benzene rings is 2. The van der Waals surface area contributed by atoms with Gasteiger partial charge in [0.2, 0.25) is 0 Å². The van der Waals surface area contributed by atoms with Crippen molar-refractivity contribution >= 4 is 17.3 Å². The van der Waals surface area contributed by atoms with Crippen LogP contribution < -0.4 is 16.4 Å². The van der Waals surface area contributed by atoms with E-state index in [2.05, 4.69) is 44.9 Å². The first-order valence-electron chi connectivity index (χ1n) is 9.63. The zero-order chi connectivity index (χ0) is 19.2. The van der Waals surface area contributed by atoms with Gasteiger partial charge < -0.3 is 21.1 Å². The second-order valence-corrected chi connectivity index (χ2v) is 6.90. The van der Waals surface area contributed by atoms with Gasteiger partial charge in [0.1, 0.15) is 12.0 Å². The lowest BCUT2D eigenvalue weighted by molar-refractivity contribution is 0.120. The molecular weight excluding hydrogens is 350 g/mol. The number of nitrogen functional groups attached to an aromatic ring is 1. The number of ether oxygens (including phenoxy) is 1. The van der Waals surface area contributed by atoms with Gasteiger partial charge in [-0.25, -0.2) is 9.97 Å². The highest BCUT2D eigenvalue weighted by Crippen LogP contribution is 2.30. The summed E-state index contributed by atoms with van der Waals surface area (Å²) in [6.07, 6.45) is 3.91. The standard InChI is InChI=1S/C22H25N5O/c23-19-21(24-14-18-12-7-13-28-18)25-15-26-22(19)27-20(16-8-3-1-4-9-16)17-10-5-2-6-11-17/h1-6,8-11,15,18,20H,7,12-14,23H2,(H2,24,25,26,27). The average Bonchev–Trinajstić information content (AvgIpc) is 3.27. The van der Waals surface area contributed by atoms with Crippen LogP contribution in [0.1, 0.15) is 30.0 Å². The smallest absolute Gasteiger partial charge is 0.155 e. The fourth-order valence-corrected chi connectivity index (χ4v) is 3.45. The molecule has 1 unspecified atom stereocenters. The number of nitrogens with zero attached hydrogens (tertiary/aromatic N) is 2. The molecule has 0 radical (unpaired) electrons. The topological polar surface area (TPSA) is 85.1 Å². The van der Waals surface area contributed by atoms with Gasteiger partial charge >= 0.3 is 0 Å². The summed E-state index contributed by atoms with van der Waals surface area (Å²) in [5, 5.41) is 6.81. The van der Waals surface area contributed by atoms with E-state index in [-0.39, 0.29) is 12.1 Å². The highest BCUT2D eigenvalue weighted by molar-refractivity contribution is 5.74. The van der Waals surface area contributed by atoms with Crippen LogP contribution >= 0.6 is 0 Å². The first-order chi connectivity index (χ1) is 13.8. The van der Waals surface area contributed by atoms with Crippen molar-refractivity contribution in [3.63, 3.8) is 0 Å². The molecule has 3 aromatic rings. The van der Waals surface area contributed by atoms with Crippen LogP contribution in [0.3, 0.4) is 0 Å². The second-order valence-electron chi connectivity index (χ2n) is 6.90. The Morgan fingerprint density at radius 1 is 0.964 bits per heavy atom. The lowest BCUT2D eigenvalue weighted by Gasteiger charge is -2.22. The van der Waals surface area contributed by atoms with Crippen LogP contribution in [-0.4, -0.2) is 29.2 Å². The normalized spacial score (nSPS) is 16.2. The summed E-state index contributed by atoms with van der Waals surface area (Å²) >= 11 is 0. The summed E-state index contributed by atoms with van der Waals surface area (Å²) in [6, 6.07) is 20.5. The first kappa shape index (κ1) is 18.3. The minimum Gasteiger partial charge on any atom is -0.393 e. The third-order valence-electron chi connectivity index (χ3n) is 4.95. The molecule has 6 nitrogen and oxygen atoms in total. The minimum absolute atomic E-state index is 0.0642. The van der Waals surface area contributed by atoms with Crippen molar-refractivity contribution in [2.24, 2.45) is 0 Å². The molecular formula is C22H25N5O. The van der Waals surface area contributed by atoms with Crippen LogP contribution in [0.25, 0.3) is 0 Å². The number of hydrogen-bond donors (Lipinski definition) is 3. The fourth-order valence-electron chi connectivity index (χ4n) is 3.45. The van der Waals surface area contributed by atoms with Crippen molar-refractivity contribution in [3.05, 3.63) is 78.1 Å². The monoisotopic (exact) mass is 375 g/mol. The second kappa shape index (κ2) is 8.71. The van der Waals surface area contributed by atoms with E-state index in [1.807, 2.05) is 36.4 Å². The Hall–Kier alpha value is -3.12. The van der Waals surface area contributed by atoms with Gasteiger partial charge in [-0.1, -0.05) is 60.7 Å². The van der Waals surface area contributed by atoms with Crippen LogP contribution in [0.4, 0.5) is 17.3 Å². The molecule has 28 heavy (non-hydrogen) atoms. The highest BCUT2D eigenvalue weighted by atomic mass is 16.5. The van der Waals surface area contributed by atoms with Gasteiger partial charge in [0, 0.05) is 13.2 Å². The van der Waals surface area contributed by atoms with E-state index in [1.165, 1.54) is 6.33 Å². The highest BCUT2D eigenvalue weighted by Gasteiger charge is 2.19. The van der Waals surface area contributed by atoms with Gasteiger partial charge in [0.15, 0.2) is 11.6 Å². The SMILES string of the molecule is Nc1c(NCC2CCCO2)ncnc1NC(c1ccccc1)c1ccccc1. The molecule has 1 aliphatic rings. The maximum atomic E-state index is 6.38. The molecule has 2 heterocycles. The van der Waals surface area contributed by atoms with Gasteiger partial charge in [-0.15, -0.1) is 0 Å². The molecule has 4 N–H and O–H groups in total. The molecule has 1 fully saturated rings. The lowest BCUT2D eigenvalue weighted by Crippen LogP contribution is -2.21. The molecule has 0 aliphatic carbocycles. The summed E-state index contributed by atoms with van der Waals surface area (Å²) in [5.74, 6) is 1.25.